The van der Waals surface area contributed by atoms with E-state index in [0.29, 0.717) is 17.3 Å². The summed E-state index contributed by atoms with van der Waals surface area (Å²) in [5.74, 6) is 0.651. The van der Waals surface area contributed by atoms with Gasteiger partial charge in [0.2, 0.25) is 0 Å². The van der Waals surface area contributed by atoms with E-state index in [-0.39, 0.29) is 5.57 Å². The molecule has 0 saturated carbocycles. The van der Waals surface area contributed by atoms with Crippen molar-refractivity contribution in [2.75, 3.05) is 24.3 Å². The fourth-order valence-corrected chi connectivity index (χ4v) is 1.87. The molecule has 0 aliphatic carbocycles. The van der Waals surface area contributed by atoms with Crippen LogP contribution in [-0.4, -0.2) is 20.0 Å². The van der Waals surface area contributed by atoms with Gasteiger partial charge in [0.25, 0.3) is 5.91 Å². The third kappa shape index (κ3) is 3.76. The highest BCUT2D eigenvalue weighted by Crippen LogP contribution is 2.19. The molecule has 0 radical (unpaired) electrons. The number of hydrogen-bond donors (Lipinski definition) is 1. The molecule has 0 bridgehead atoms. The highest BCUT2D eigenvalue weighted by atomic mass is 16.4. The van der Waals surface area contributed by atoms with E-state index in [4.69, 9.17) is 4.42 Å². The average molecular weight is 295 g/mol. The van der Waals surface area contributed by atoms with E-state index in [1.165, 1.54) is 6.08 Å². The van der Waals surface area contributed by atoms with Crippen molar-refractivity contribution in [1.82, 2.24) is 0 Å². The van der Waals surface area contributed by atoms with Crippen molar-refractivity contribution in [2.45, 2.75) is 6.92 Å². The lowest BCUT2D eigenvalue weighted by molar-refractivity contribution is -0.112. The summed E-state index contributed by atoms with van der Waals surface area (Å²) >= 11 is 0. The highest BCUT2D eigenvalue weighted by Gasteiger charge is 2.11. The summed E-state index contributed by atoms with van der Waals surface area (Å²) in [7, 11) is 3.70. The zero-order chi connectivity index (χ0) is 16.1. The Hall–Kier alpha value is -3.00. The van der Waals surface area contributed by atoms with E-state index in [1.807, 2.05) is 45.3 Å². The first-order valence-corrected chi connectivity index (χ1v) is 6.76. The molecule has 0 saturated heterocycles. The van der Waals surface area contributed by atoms with E-state index in [1.54, 1.807) is 23.1 Å². The Morgan fingerprint density at radius 2 is 2.09 bits per heavy atom. The zero-order valence-electron chi connectivity index (χ0n) is 12.8. The first kappa shape index (κ1) is 15.4. The van der Waals surface area contributed by atoms with Crippen molar-refractivity contribution in [1.29, 1.82) is 5.26 Å². The maximum atomic E-state index is 12.1. The van der Waals surface area contributed by atoms with Crippen LogP contribution in [0.2, 0.25) is 0 Å². The number of anilines is 2. The Bertz CT molecular complexity index is 751. The molecule has 0 atom stereocenters. The summed E-state index contributed by atoms with van der Waals surface area (Å²) in [6, 6.07) is 12.8. The minimum atomic E-state index is -0.462. The van der Waals surface area contributed by atoms with Crippen LogP contribution in [0.1, 0.15) is 11.3 Å². The number of rotatable bonds is 4. The molecule has 2 aromatic rings. The second kappa shape index (κ2) is 6.64. The predicted octanol–water partition coefficient (Wildman–Crippen LogP) is 3.20. The maximum Gasteiger partial charge on any atom is 0.266 e. The summed E-state index contributed by atoms with van der Waals surface area (Å²) < 4.78 is 5.52. The summed E-state index contributed by atoms with van der Waals surface area (Å²) in [6.07, 6.45) is 1.43. The topological polar surface area (TPSA) is 69.3 Å². The molecular weight excluding hydrogens is 278 g/mol. The normalized spacial score (nSPS) is 10.9. The fourth-order valence-electron chi connectivity index (χ4n) is 1.87. The number of benzene rings is 1. The van der Waals surface area contributed by atoms with Crippen molar-refractivity contribution in [2.24, 2.45) is 0 Å². The minimum absolute atomic E-state index is 0.0128. The fraction of sp³-hybridized carbons (Fsp3) is 0.176. The Balaban J connectivity index is 2.18. The number of carbonyl (C=O) groups is 1. The molecule has 2 rings (SSSR count). The van der Waals surface area contributed by atoms with Gasteiger partial charge in [-0.2, -0.15) is 5.26 Å². The van der Waals surface area contributed by atoms with E-state index in [2.05, 4.69) is 5.32 Å². The number of nitrogens with one attached hydrogen (secondary N) is 1. The lowest BCUT2D eigenvalue weighted by atomic mass is 10.2. The Kier molecular flexibility index (Phi) is 4.64. The Morgan fingerprint density at radius 3 is 2.68 bits per heavy atom. The number of nitriles is 1. The number of nitrogens with zero attached hydrogens (tertiary/aromatic N) is 2. The predicted molar refractivity (Wildman–Crippen MR) is 86.4 cm³/mol. The van der Waals surface area contributed by atoms with Gasteiger partial charge in [0.05, 0.1) is 0 Å². The number of carbonyl (C=O) groups excluding carboxylic acids is 1. The zero-order valence-corrected chi connectivity index (χ0v) is 12.8. The SMILES string of the molecule is Cc1cccc(NC(=O)C(C#N)=Cc2ccc(N(C)C)o2)c1. The second-order valence-corrected chi connectivity index (χ2v) is 5.06. The van der Waals surface area contributed by atoms with Crippen LogP contribution in [0.5, 0.6) is 0 Å². The number of furan rings is 1. The van der Waals surface area contributed by atoms with E-state index >= 15 is 0 Å². The first-order chi connectivity index (χ1) is 10.5. The molecule has 0 fully saturated rings. The van der Waals surface area contributed by atoms with Gasteiger partial charge < -0.3 is 14.6 Å². The molecule has 112 valence electrons. The third-order valence-corrected chi connectivity index (χ3v) is 2.98. The first-order valence-electron chi connectivity index (χ1n) is 6.76. The third-order valence-electron chi connectivity index (χ3n) is 2.98. The number of aryl methyl sites for hydroxylation is 1. The van der Waals surface area contributed by atoms with Crippen LogP contribution in [0.25, 0.3) is 6.08 Å². The maximum absolute atomic E-state index is 12.1. The highest BCUT2D eigenvalue weighted by molar-refractivity contribution is 6.09. The minimum Gasteiger partial charge on any atom is -0.441 e. The van der Waals surface area contributed by atoms with Crippen molar-refractivity contribution < 1.29 is 9.21 Å². The lowest BCUT2D eigenvalue weighted by Crippen LogP contribution is -2.13. The molecule has 0 aliphatic heterocycles. The van der Waals surface area contributed by atoms with Gasteiger partial charge in [0.15, 0.2) is 5.88 Å². The smallest absolute Gasteiger partial charge is 0.266 e. The van der Waals surface area contributed by atoms with E-state index in [9.17, 15) is 10.1 Å². The quantitative estimate of drug-likeness (QED) is 0.694. The molecule has 0 aliphatic rings. The molecule has 0 spiro atoms. The van der Waals surface area contributed by atoms with E-state index < -0.39 is 5.91 Å². The van der Waals surface area contributed by atoms with Crippen LogP contribution >= 0.6 is 0 Å². The van der Waals surface area contributed by atoms with Gasteiger partial charge in [0, 0.05) is 31.9 Å². The Labute approximate surface area is 129 Å². The van der Waals surface area contributed by atoms with Gasteiger partial charge in [-0.25, -0.2) is 0 Å². The molecule has 1 heterocycles. The molecule has 1 N–H and O–H groups in total. The standard InChI is InChI=1S/C17H17N3O2/c1-12-5-4-6-14(9-12)19-17(21)13(11-18)10-15-7-8-16(22-15)20(2)3/h4-10H,1-3H3,(H,19,21). The van der Waals surface area contributed by atoms with Crippen LogP contribution in [0, 0.1) is 18.3 Å². The molecular formula is C17H17N3O2. The van der Waals surface area contributed by atoms with Crippen LogP contribution in [0.15, 0.2) is 46.4 Å². The van der Waals surface area contributed by atoms with Gasteiger partial charge in [-0.1, -0.05) is 12.1 Å². The lowest BCUT2D eigenvalue weighted by Gasteiger charge is -2.06. The van der Waals surface area contributed by atoms with Gasteiger partial charge in [-0.3, -0.25) is 4.79 Å². The number of hydrogen-bond acceptors (Lipinski definition) is 4. The summed E-state index contributed by atoms with van der Waals surface area (Å²) in [5.41, 5.74) is 1.67. The average Bonchev–Trinajstić information content (AvgIpc) is 2.93. The summed E-state index contributed by atoms with van der Waals surface area (Å²) in [6.45, 7) is 1.93. The van der Waals surface area contributed by atoms with Gasteiger partial charge in [-0.15, -0.1) is 0 Å². The summed E-state index contributed by atoms with van der Waals surface area (Å²) in [4.78, 5) is 13.9. The number of amides is 1. The molecule has 1 aromatic heterocycles. The van der Waals surface area contributed by atoms with Crippen molar-refractivity contribution in [3.63, 3.8) is 0 Å². The van der Waals surface area contributed by atoms with Crippen molar-refractivity contribution >= 4 is 23.6 Å². The molecule has 22 heavy (non-hydrogen) atoms. The van der Waals surface area contributed by atoms with Gasteiger partial charge in [-0.05, 0) is 30.7 Å². The molecule has 0 unspecified atom stereocenters. The van der Waals surface area contributed by atoms with Crippen LogP contribution in [0.3, 0.4) is 0 Å². The molecule has 1 aromatic carbocycles. The van der Waals surface area contributed by atoms with Gasteiger partial charge in [0.1, 0.15) is 17.4 Å². The van der Waals surface area contributed by atoms with Crippen LogP contribution < -0.4 is 10.2 Å². The van der Waals surface area contributed by atoms with Crippen LogP contribution in [-0.2, 0) is 4.79 Å². The van der Waals surface area contributed by atoms with E-state index in [0.717, 1.165) is 5.56 Å². The molecule has 5 nitrogen and oxygen atoms in total. The van der Waals surface area contributed by atoms with Crippen molar-refractivity contribution in [3.05, 3.63) is 53.3 Å². The van der Waals surface area contributed by atoms with Crippen molar-refractivity contribution in [3.8, 4) is 6.07 Å². The largest absolute Gasteiger partial charge is 0.441 e. The summed E-state index contributed by atoms with van der Waals surface area (Å²) in [5, 5.41) is 11.9. The molecule has 5 heteroatoms. The van der Waals surface area contributed by atoms with Crippen LogP contribution in [0.4, 0.5) is 11.6 Å². The van der Waals surface area contributed by atoms with Gasteiger partial charge >= 0.3 is 0 Å². The molecule has 1 amide bonds. The Morgan fingerprint density at radius 1 is 1.32 bits per heavy atom. The second-order valence-electron chi connectivity index (χ2n) is 5.06. The monoisotopic (exact) mass is 295 g/mol.